The van der Waals surface area contributed by atoms with Crippen LogP contribution in [-0.4, -0.2) is 17.3 Å². The van der Waals surface area contributed by atoms with Gasteiger partial charge in [0.25, 0.3) is 0 Å². The molecule has 0 saturated heterocycles. The van der Waals surface area contributed by atoms with Crippen molar-refractivity contribution in [2.45, 2.75) is 0 Å². The van der Waals surface area contributed by atoms with Gasteiger partial charge in [0, 0.05) is 17.1 Å². The molecular weight excluding hydrogens is 292 g/mol. The monoisotopic (exact) mass is 302 g/mol. The number of fused-ring (bicyclic) bond motifs is 1. The first-order chi connectivity index (χ1) is 8.81. The second-order valence-electron chi connectivity index (χ2n) is 3.95. The molecule has 0 aliphatic heterocycles. The summed E-state index contributed by atoms with van der Waals surface area (Å²) >= 11 is 3.48. The van der Waals surface area contributed by atoms with Crippen molar-refractivity contribution in [1.82, 2.24) is 10.2 Å². The van der Waals surface area contributed by atoms with Gasteiger partial charge in [-0.15, -0.1) is 0 Å². The lowest BCUT2D eigenvalue weighted by molar-refractivity contribution is 0.421. The number of hydrogen-bond donors (Lipinski definition) is 1. The summed E-state index contributed by atoms with van der Waals surface area (Å²) in [6.07, 6.45) is 1.81. The highest BCUT2D eigenvalue weighted by Gasteiger charge is 2.14. The molecule has 3 rings (SSSR count). The summed E-state index contributed by atoms with van der Waals surface area (Å²) in [7, 11) is 1.69. The van der Waals surface area contributed by atoms with E-state index in [9.17, 15) is 0 Å². The van der Waals surface area contributed by atoms with Gasteiger partial charge in [-0.25, -0.2) is 0 Å². The molecule has 0 radical (unpaired) electrons. The molecule has 0 spiro atoms. The van der Waals surface area contributed by atoms with E-state index >= 15 is 0 Å². The Morgan fingerprint density at radius 3 is 2.72 bits per heavy atom. The zero-order valence-electron chi connectivity index (χ0n) is 9.77. The maximum Gasteiger partial charge on any atom is 0.136 e. The van der Waals surface area contributed by atoms with Gasteiger partial charge < -0.3 is 4.74 Å². The molecule has 0 atom stereocenters. The van der Waals surface area contributed by atoms with Crippen molar-refractivity contribution in [3.8, 4) is 17.0 Å². The Morgan fingerprint density at radius 1 is 1.17 bits per heavy atom. The van der Waals surface area contributed by atoms with Gasteiger partial charge in [-0.05, 0) is 27.4 Å². The van der Waals surface area contributed by atoms with Crippen molar-refractivity contribution in [2.24, 2.45) is 0 Å². The first-order valence-electron chi connectivity index (χ1n) is 5.56. The number of methoxy groups -OCH3 is 1. The van der Waals surface area contributed by atoms with E-state index in [-0.39, 0.29) is 0 Å². The van der Waals surface area contributed by atoms with Crippen LogP contribution in [0.1, 0.15) is 0 Å². The predicted octanol–water partition coefficient (Wildman–Crippen LogP) is 4.00. The highest BCUT2D eigenvalue weighted by Crippen LogP contribution is 2.38. The number of nitrogens with one attached hydrogen (secondary N) is 1. The minimum absolute atomic E-state index is 0.848. The van der Waals surface area contributed by atoms with Gasteiger partial charge >= 0.3 is 0 Å². The fourth-order valence-corrected chi connectivity index (χ4v) is 2.52. The molecule has 2 aromatic carbocycles. The predicted molar refractivity (Wildman–Crippen MR) is 75.8 cm³/mol. The Kier molecular flexibility index (Phi) is 2.80. The molecule has 0 aliphatic rings. The van der Waals surface area contributed by atoms with E-state index in [1.54, 1.807) is 7.11 Å². The van der Waals surface area contributed by atoms with Gasteiger partial charge in [-0.1, -0.05) is 30.3 Å². The molecule has 90 valence electrons. The summed E-state index contributed by atoms with van der Waals surface area (Å²) in [5, 5.41) is 9.34. The van der Waals surface area contributed by atoms with Crippen molar-refractivity contribution >= 4 is 26.7 Å². The standard InChI is InChI=1S/C14H11BrN2O/c1-18-14-10-5-3-2-4-9(10)6-7-11(14)13-12(15)8-16-17-13/h2-8H,1H3,(H,16,17). The van der Waals surface area contributed by atoms with Crippen LogP contribution in [0.5, 0.6) is 5.75 Å². The zero-order chi connectivity index (χ0) is 12.5. The first-order valence-corrected chi connectivity index (χ1v) is 6.36. The largest absolute Gasteiger partial charge is 0.495 e. The van der Waals surface area contributed by atoms with Gasteiger partial charge in [0.15, 0.2) is 0 Å². The van der Waals surface area contributed by atoms with Crippen molar-refractivity contribution in [3.05, 3.63) is 47.1 Å². The summed E-state index contributed by atoms with van der Waals surface area (Å²) in [5.74, 6) is 0.848. The second kappa shape index (κ2) is 4.46. The van der Waals surface area contributed by atoms with Crippen LogP contribution in [0.25, 0.3) is 22.0 Å². The Labute approximate surface area is 113 Å². The number of aromatic amines is 1. The first kappa shape index (κ1) is 11.3. The summed E-state index contributed by atoms with van der Waals surface area (Å²) in [6, 6.07) is 12.3. The third-order valence-electron chi connectivity index (χ3n) is 2.93. The molecule has 0 bridgehead atoms. The molecule has 3 nitrogen and oxygen atoms in total. The summed E-state index contributed by atoms with van der Waals surface area (Å²) in [4.78, 5) is 0. The molecule has 1 N–H and O–H groups in total. The Hall–Kier alpha value is -1.81. The molecule has 0 aliphatic carbocycles. The lowest BCUT2D eigenvalue weighted by atomic mass is 10.0. The number of H-pyrrole nitrogens is 1. The molecule has 0 amide bonds. The maximum atomic E-state index is 5.56. The number of hydrogen-bond acceptors (Lipinski definition) is 2. The fourth-order valence-electron chi connectivity index (χ4n) is 2.11. The number of aromatic nitrogens is 2. The van der Waals surface area contributed by atoms with Crippen molar-refractivity contribution in [1.29, 1.82) is 0 Å². The zero-order valence-corrected chi connectivity index (χ0v) is 11.4. The average molecular weight is 303 g/mol. The number of benzene rings is 2. The van der Waals surface area contributed by atoms with Crippen molar-refractivity contribution in [3.63, 3.8) is 0 Å². The number of halogens is 1. The summed E-state index contributed by atoms with van der Waals surface area (Å²) < 4.78 is 6.49. The van der Waals surface area contributed by atoms with Crippen LogP contribution < -0.4 is 4.74 Å². The number of ether oxygens (including phenoxy) is 1. The molecule has 0 fully saturated rings. The van der Waals surface area contributed by atoms with Gasteiger partial charge in [-0.3, -0.25) is 5.10 Å². The molecule has 0 saturated carbocycles. The minimum Gasteiger partial charge on any atom is -0.495 e. The molecule has 1 aromatic heterocycles. The number of nitrogens with zero attached hydrogens (tertiary/aromatic N) is 1. The molecule has 0 unspecified atom stereocenters. The number of rotatable bonds is 2. The smallest absolute Gasteiger partial charge is 0.136 e. The van der Waals surface area contributed by atoms with Crippen LogP contribution in [0, 0.1) is 0 Å². The molecule has 4 heteroatoms. The van der Waals surface area contributed by atoms with Crippen LogP contribution in [0.3, 0.4) is 0 Å². The van der Waals surface area contributed by atoms with Gasteiger partial charge in [0.2, 0.25) is 0 Å². The summed E-state index contributed by atoms with van der Waals surface area (Å²) in [5.41, 5.74) is 1.84. The van der Waals surface area contributed by atoms with E-state index in [2.05, 4.69) is 44.3 Å². The van der Waals surface area contributed by atoms with Gasteiger partial charge in [-0.2, -0.15) is 5.10 Å². The van der Waals surface area contributed by atoms with Crippen LogP contribution in [0.2, 0.25) is 0 Å². The topological polar surface area (TPSA) is 37.9 Å². The minimum atomic E-state index is 0.848. The Balaban J connectivity index is 2.34. The molecule has 3 aromatic rings. The third-order valence-corrected chi connectivity index (χ3v) is 3.54. The van der Waals surface area contributed by atoms with Crippen LogP contribution in [-0.2, 0) is 0 Å². The highest BCUT2D eigenvalue weighted by molar-refractivity contribution is 9.10. The van der Waals surface area contributed by atoms with E-state index in [0.717, 1.165) is 32.3 Å². The molecule has 1 heterocycles. The highest BCUT2D eigenvalue weighted by atomic mass is 79.9. The third kappa shape index (κ3) is 1.69. The Bertz CT molecular complexity index is 706. The van der Waals surface area contributed by atoms with Crippen molar-refractivity contribution < 1.29 is 4.74 Å². The van der Waals surface area contributed by atoms with Gasteiger partial charge in [0.1, 0.15) is 11.4 Å². The Morgan fingerprint density at radius 2 is 2.00 bits per heavy atom. The fraction of sp³-hybridized carbons (Fsp3) is 0.0714. The molecular formula is C14H11BrN2O. The maximum absolute atomic E-state index is 5.56. The quantitative estimate of drug-likeness (QED) is 0.777. The van der Waals surface area contributed by atoms with Crippen molar-refractivity contribution in [2.75, 3.05) is 7.11 Å². The van der Waals surface area contributed by atoms with Crippen LogP contribution in [0.4, 0.5) is 0 Å². The van der Waals surface area contributed by atoms with E-state index in [0.29, 0.717) is 0 Å². The van der Waals surface area contributed by atoms with E-state index in [4.69, 9.17) is 4.74 Å². The van der Waals surface area contributed by atoms with Gasteiger partial charge in [0.05, 0.1) is 11.6 Å². The average Bonchev–Trinajstić information content (AvgIpc) is 2.83. The lowest BCUT2D eigenvalue weighted by Crippen LogP contribution is -1.90. The second-order valence-corrected chi connectivity index (χ2v) is 4.80. The SMILES string of the molecule is COc1c(-c2n[nH]cc2Br)ccc2ccccc12. The van der Waals surface area contributed by atoms with Crippen LogP contribution in [0.15, 0.2) is 47.1 Å². The normalized spacial score (nSPS) is 10.8. The molecule has 18 heavy (non-hydrogen) atoms. The van der Waals surface area contributed by atoms with Crippen LogP contribution >= 0.6 is 15.9 Å². The van der Waals surface area contributed by atoms with E-state index in [1.165, 1.54) is 0 Å². The van der Waals surface area contributed by atoms with E-state index in [1.807, 2.05) is 24.4 Å². The van der Waals surface area contributed by atoms with E-state index < -0.39 is 0 Å². The lowest BCUT2D eigenvalue weighted by Gasteiger charge is -2.10. The summed E-state index contributed by atoms with van der Waals surface area (Å²) in [6.45, 7) is 0.